The van der Waals surface area contributed by atoms with Gasteiger partial charge in [-0.2, -0.15) is 0 Å². The number of aliphatic hydroxyl groups is 1. The molecule has 5 heteroatoms. The molecule has 1 rings (SSSR count). The summed E-state index contributed by atoms with van der Waals surface area (Å²) in [5.41, 5.74) is 0. The Hall–Kier alpha value is -1.10. The van der Waals surface area contributed by atoms with E-state index in [0.29, 0.717) is 0 Å². The molecule has 1 atom stereocenters. The van der Waals surface area contributed by atoms with Gasteiger partial charge in [-0.15, -0.1) is 0 Å². The minimum atomic E-state index is -1.30. The number of hydrogen-bond acceptors (Lipinski definition) is 4. The van der Waals surface area contributed by atoms with Gasteiger partial charge in [0.2, 0.25) is 5.91 Å². The summed E-state index contributed by atoms with van der Waals surface area (Å²) in [6, 6.07) is -0.938. The Kier molecular flexibility index (Phi) is 2.09. The number of carbonyl (C=O) groups is 2. The Labute approximate surface area is 63.2 Å². The first-order chi connectivity index (χ1) is 5.16. The van der Waals surface area contributed by atoms with Crippen molar-refractivity contribution in [2.75, 3.05) is 6.73 Å². The zero-order chi connectivity index (χ0) is 8.43. The van der Waals surface area contributed by atoms with Crippen LogP contribution < -0.4 is 5.11 Å². The highest BCUT2D eigenvalue weighted by molar-refractivity contribution is 5.86. The van der Waals surface area contributed by atoms with Crippen LogP contribution in [0.4, 0.5) is 0 Å². The van der Waals surface area contributed by atoms with E-state index in [4.69, 9.17) is 5.11 Å². The number of aliphatic carboxylic acids is 1. The van der Waals surface area contributed by atoms with Crippen molar-refractivity contribution in [3.63, 3.8) is 0 Å². The second-order valence-corrected chi connectivity index (χ2v) is 2.38. The molecule has 1 unspecified atom stereocenters. The number of hydrogen-bond donors (Lipinski definition) is 1. The predicted octanol–water partition coefficient (Wildman–Crippen LogP) is -2.32. The third kappa shape index (κ3) is 1.32. The normalized spacial score (nSPS) is 24.3. The Bertz CT molecular complexity index is 191. The van der Waals surface area contributed by atoms with E-state index in [0.717, 1.165) is 4.90 Å². The van der Waals surface area contributed by atoms with Crippen LogP contribution in [-0.4, -0.2) is 34.7 Å². The number of amides is 1. The largest absolute Gasteiger partial charge is 0.548 e. The monoisotopic (exact) mass is 158 g/mol. The molecule has 1 fully saturated rings. The lowest BCUT2D eigenvalue weighted by molar-refractivity contribution is -0.311. The SMILES string of the molecule is O=C([O-])C1CCC(=O)N1CO. The van der Waals surface area contributed by atoms with Crippen LogP contribution in [0.25, 0.3) is 0 Å². The number of rotatable bonds is 2. The van der Waals surface area contributed by atoms with Crippen molar-refractivity contribution >= 4 is 11.9 Å². The highest BCUT2D eigenvalue weighted by atomic mass is 16.4. The van der Waals surface area contributed by atoms with Crippen LogP contribution in [0.3, 0.4) is 0 Å². The van der Waals surface area contributed by atoms with Crippen LogP contribution in [0.1, 0.15) is 12.8 Å². The minimum Gasteiger partial charge on any atom is -0.548 e. The second-order valence-electron chi connectivity index (χ2n) is 2.38. The molecular weight excluding hydrogens is 150 g/mol. The van der Waals surface area contributed by atoms with Crippen molar-refractivity contribution in [2.45, 2.75) is 18.9 Å². The van der Waals surface area contributed by atoms with E-state index >= 15 is 0 Å². The lowest BCUT2D eigenvalue weighted by Gasteiger charge is -2.22. The molecule has 0 aromatic carbocycles. The first-order valence-corrected chi connectivity index (χ1v) is 3.28. The second kappa shape index (κ2) is 2.87. The third-order valence-electron chi connectivity index (χ3n) is 1.75. The Balaban J connectivity index is 2.68. The summed E-state index contributed by atoms with van der Waals surface area (Å²) in [6.07, 6.45) is 0.418. The van der Waals surface area contributed by atoms with Crippen molar-refractivity contribution in [2.24, 2.45) is 0 Å². The van der Waals surface area contributed by atoms with E-state index in [-0.39, 0.29) is 18.7 Å². The molecule has 0 spiro atoms. The molecule has 1 aliphatic heterocycles. The van der Waals surface area contributed by atoms with Crippen LogP contribution in [0.2, 0.25) is 0 Å². The van der Waals surface area contributed by atoms with Crippen molar-refractivity contribution in [1.29, 1.82) is 0 Å². The molecule has 11 heavy (non-hydrogen) atoms. The highest BCUT2D eigenvalue weighted by Gasteiger charge is 2.30. The molecule has 1 heterocycles. The molecule has 5 nitrogen and oxygen atoms in total. The van der Waals surface area contributed by atoms with Crippen LogP contribution in [0.15, 0.2) is 0 Å². The number of nitrogens with zero attached hydrogens (tertiary/aromatic N) is 1. The van der Waals surface area contributed by atoms with Crippen LogP contribution in [0.5, 0.6) is 0 Å². The molecule has 1 N–H and O–H groups in total. The zero-order valence-corrected chi connectivity index (χ0v) is 5.82. The molecular formula is C6H8NO4-. The van der Waals surface area contributed by atoms with Gasteiger partial charge in [0.05, 0.1) is 12.0 Å². The van der Waals surface area contributed by atoms with Gasteiger partial charge in [0.1, 0.15) is 6.73 Å². The van der Waals surface area contributed by atoms with Crippen LogP contribution >= 0.6 is 0 Å². The number of carboxylic acid groups (broad SMARTS) is 1. The maximum Gasteiger partial charge on any atom is 0.225 e. The van der Waals surface area contributed by atoms with Gasteiger partial charge >= 0.3 is 0 Å². The van der Waals surface area contributed by atoms with Gasteiger partial charge in [-0.3, -0.25) is 4.79 Å². The fourth-order valence-electron chi connectivity index (χ4n) is 1.16. The first kappa shape index (κ1) is 8.00. The van der Waals surface area contributed by atoms with Crippen LogP contribution in [-0.2, 0) is 9.59 Å². The summed E-state index contributed by atoms with van der Waals surface area (Å²) in [5, 5.41) is 18.9. The summed E-state index contributed by atoms with van der Waals surface area (Å²) in [7, 11) is 0. The van der Waals surface area contributed by atoms with Gasteiger partial charge in [-0.05, 0) is 6.42 Å². The van der Waals surface area contributed by atoms with E-state index in [1.165, 1.54) is 0 Å². The summed E-state index contributed by atoms with van der Waals surface area (Å²) >= 11 is 0. The number of carbonyl (C=O) groups excluding carboxylic acids is 2. The summed E-state index contributed by atoms with van der Waals surface area (Å²) in [6.45, 7) is -0.544. The molecule has 62 valence electrons. The van der Waals surface area contributed by atoms with Crippen molar-refractivity contribution in [3.05, 3.63) is 0 Å². The Morgan fingerprint density at radius 2 is 2.45 bits per heavy atom. The molecule has 0 radical (unpaired) electrons. The topological polar surface area (TPSA) is 80.7 Å². The minimum absolute atomic E-state index is 0.180. The van der Waals surface area contributed by atoms with E-state index in [1.54, 1.807) is 0 Å². The number of aliphatic hydroxyl groups excluding tert-OH is 1. The molecule has 0 aliphatic carbocycles. The average molecular weight is 158 g/mol. The molecule has 0 aromatic rings. The maximum atomic E-state index is 10.8. The fourth-order valence-corrected chi connectivity index (χ4v) is 1.16. The van der Waals surface area contributed by atoms with E-state index in [1.807, 2.05) is 0 Å². The van der Waals surface area contributed by atoms with E-state index < -0.39 is 18.7 Å². The molecule has 1 amide bonds. The van der Waals surface area contributed by atoms with Crippen molar-refractivity contribution in [1.82, 2.24) is 4.90 Å². The zero-order valence-electron chi connectivity index (χ0n) is 5.82. The number of carboxylic acids is 1. The quantitative estimate of drug-likeness (QED) is 0.489. The van der Waals surface area contributed by atoms with Crippen molar-refractivity contribution < 1.29 is 19.8 Å². The van der Waals surface area contributed by atoms with E-state index in [2.05, 4.69) is 0 Å². The van der Waals surface area contributed by atoms with Crippen molar-refractivity contribution in [3.8, 4) is 0 Å². The first-order valence-electron chi connectivity index (χ1n) is 3.28. The molecule has 1 aliphatic rings. The molecule has 0 aromatic heterocycles. The van der Waals surface area contributed by atoms with Crippen LogP contribution in [0, 0.1) is 0 Å². The molecule has 1 saturated heterocycles. The summed E-state index contributed by atoms with van der Waals surface area (Å²) in [4.78, 5) is 22.0. The summed E-state index contributed by atoms with van der Waals surface area (Å²) < 4.78 is 0. The Morgan fingerprint density at radius 3 is 2.82 bits per heavy atom. The van der Waals surface area contributed by atoms with E-state index in [9.17, 15) is 14.7 Å². The van der Waals surface area contributed by atoms with Gasteiger partial charge < -0.3 is 19.9 Å². The average Bonchev–Trinajstić information content (AvgIpc) is 2.30. The smallest absolute Gasteiger partial charge is 0.225 e. The van der Waals surface area contributed by atoms with Gasteiger partial charge in [0.25, 0.3) is 0 Å². The van der Waals surface area contributed by atoms with Gasteiger partial charge in [-0.1, -0.05) is 0 Å². The fraction of sp³-hybridized carbons (Fsp3) is 0.667. The molecule has 0 saturated carbocycles. The predicted molar refractivity (Wildman–Crippen MR) is 32.0 cm³/mol. The summed E-state index contributed by atoms with van der Waals surface area (Å²) in [5.74, 6) is -1.63. The third-order valence-corrected chi connectivity index (χ3v) is 1.75. The lowest BCUT2D eigenvalue weighted by Crippen LogP contribution is -2.46. The number of likely N-dealkylation sites (tertiary alicyclic amines) is 1. The Morgan fingerprint density at radius 1 is 1.82 bits per heavy atom. The highest BCUT2D eigenvalue weighted by Crippen LogP contribution is 2.16. The molecule has 0 bridgehead atoms. The van der Waals surface area contributed by atoms with Gasteiger partial charge in [0.15, 0.2) is 0 Å². The lowest BCUT2D eigenvalue weighted by atomic mass is 10.2. The standard InChI is InChI=1S/C6H9NO4/c8-3-7-4(6(10)11)1-2-5(7)9/h4,8H,1-3H2,(H,10,11)/p-1. The van der Waals surface area contributed by atoms with Gasteiger partial charge in [-0.25, -0.2) is 0 Å². The maximum absolute atomic E-state index is 10.8. The van der Waals surface area contributed by atoms with Gasteiger partial charge in [0, 0.05) is 6.42 Å².